The summed E-state index contributed by atoms with van der Waals surface area (Å²) in [7, 11) is 3.35. The molecule has 180 valence electrons. The number of rotatable bonds is 9. The van der Waals surface area contributed by atoms with Crippen LogP contribution in [0.15, 0.2) is 53.9 Å². The van der Waals surface area contributed by atoms with Crippen LogP contribution >= 0.6 is 11.8 Å². The molecule has 0 aliphatic carbocycles. The molecular weight excluding hydrogens is 450 g/mol. The van der Waals surface area contributed by atoms with Crippen LogP contribution in [0.5, 0.6) is 11.5 Å². The Morgan fingerprint density at radius 2 is 1.82 bits per heavy atom. The summed E-state index contributed by atoms with van der Waals surface area (Å²) in [6.07, 6.45) is 2.64. The molecule has 0 radical (unpaired) electrons. The van der Waals surface area contributed by atoms with Crippen molar-refractivity contribution in [1.29, 1.82) is 0 Å². The van der Waals surface area contributed by atoms with Crippen molar-refractivity contribution in [3.05, 3.63) is 59.9 Å². The lowest BCUT2D eigenvalue weighted by atomic mass is 10.1. The van der Waals surface area contributed by atoms with E-state index >= 15 is 0 Å². The number of amides is 1. The van der Waals surface area contributed by atoms with Gasteiger partial charge in [-0.2, -0.15) is 0 Å². The van der Waals surface area contributed by atoms with Gasteiger partial charge in [-0.3, -0.25) is 14.3 Å². The first-order valence-corrected chi connectivity index (χ1v) is 12.4. The number of aryl methyl sites for hydroxylation is 1. The number of ether oxygens (including phenoxy) is 2. The fourth-order valence-corrected chi connectivity index (χ4v) is 4.98. The minimum Gasteiger partial charge on any atom is -0.497 e. The average molecular weight is 482 g/mol. The van der Waals surface area contributed by atoms with E-state index < -0.39 is 0 Å². The summed E-state index contributed by atoms with van der Waals surface area (Å²) in [6, 6.07) is 14.1. The second-order valence-electron chi connectivity index (χ2n) is 8.09. The number of hydrogen-bond donors (Lipinski definition) is 0. The molecule has 3 aromatic rings. The second kappa shape index (κ2) is 11.4. The SMILES string of the molecule is CCc1ccccc1-n1cnnc1SCC(=O)N1CCN(Cc2cc(OC)ccc2OC)CC1. The number of carbonyl (C=O) groups is 1. The molecule has 2 heterocycles. The first kappa shape index (κ1) is 24.1. The van der Waals surface area contributed by atoms with Gasteiger partial charge in [-0.15, -0.1) is 10.2 Å². The van der Waals surface area contributed by atoms with Crippen LogP contribution < -0.4 is 9.47 Å². The Hall–Kier alpha value is -3.04. The van der Waals surface area contributed by atoms with Crippen molar-refractivity contribution >= 4 is 17.7 Å². The van der Waals surface area contributed by atoms with Crippen molar-refractivity contribution in [2.24, 2.45) is 0 Å². The normalized spacial score (nSPS) is 14.3. The summed E-state index contributed by atoms with van der Waals surface area (Å²) in [5, 5.41) is 9.07. The lowest BCUT2D eigenvalue weighted by Gasteiger charge is -2.35. The number of aromatic nitrogens is 3. The molecule has 0 bridgehead atoms. The molecule has 0 spiro atoms. The monoisotopic (exact) mass is 481 g/mol. The number of hydrogen-bond acceptors (Lipinski definition) is 7. The third-order valence-corrected chi connectivity index (χ3v) is 7.01. The van der Waals surface area contributed by atoms with Gasteiger partial charge in [0, 0.05) is 38.3 Å². The molecule has 1 aliphatic heterocycles. The Balaban J connectivity index is 1.31. The molecule has 0 atom stereocenters. The number of para-hydroxylation sites is 1. The lowest BCUT2D eigenvalue weighted by Crippen LogP contribution is -2.48. The molecule has 1 aliphatic rings. The van der Waals surface area contributed by atoms with Crippen molar-refractivity contribution in [2.75, 3.05) is 46.2 Å². The van der Waals surface area contributed by atoms with Gasteiger partial charge >= 0.3 is 0 Å². The summed E-state index contributed by atoms with van der Waals surface area (Å²) in [4.78, 5) is 17.2. The smallest absolute Gasteiger partial charge is 0.233 e. The van der Waals surface area contributed by atoms with Crippen molar-refractivity contribution in [3.8, 4) is 17.2 Å². The van der Waals surface area contributed by atoms with E-state index in [1.165, 1.54) is 17.3 Å². The van der Waals surface area contributed by atoms with Gasteiger partial charge < -0.3 is 14.4 Å². The minimum atomic E-state index is 0.127. The lowest BCUT2D eigenvalue weighted by molar-refractivity contribution is -0.130. The highest BCUT2D eigenvalue weighted by molar-refractivity contribution is 7.99. The highest BCUT2D eigenvalue weighted by Crippen LogP contribution is 2.26. The number of methoxy groups -OCH3 is 2. The summed E-state index contributed by atoms with van der Waals surface area (Å²) < 4.78 is 12.8. The van der Waals surface area contributed by atoms with E-state index in [9.17, 15) is 4.79 Å². The van der Waals surface area contributed by atoms with Crippen LogP contribution in [-0.4, -0.2) is 76.6 Å². The molecule has 1 aromatic heterocycles. The van der Waals surface area contributed by atoms with Gasteiger partial charge in [0.15, 0.2) is 5.16 Å². The zero-order chi connectivity index (χ0) is 23.9. The molecule has 0 unspecified atom stereocenters. The van der Waals surface area contributed by atoms with Crippen molar-refractivity contribution in [1.82, 2.24) is 24.6 Å². The van der Waals surface area contributed by atoms with E-state index in [1.54, 1.807) is 20.5 Å². The van der Waals surface area contributed by atoms with E-state index in [4.69, 9.17) is 9.47 Å². The zero-order valence-electron chi connectivity index (χ0n) is 19.9. The summed E-state index contributed by atoms with van der Waals surface area (Å²) in [5.41, 5.74) is 3.37. The molecular formula is C25H31N5O3S. The summed E-state index contributed by atoms with van der Waals surface area (Å²) >= 11 is 1.44. The van der Waals surface area contributed by atoms with Crippen LogP contribution in [0.2, 0.25) is 0 Å². The van der Waals surface area contributed by atoms with Crippen molar-refractivity contribution in [2.45, 2.75) is 25.0 Å². The van der Waals surface area contributed by atoms with E-state index in [-0.39, 0.29) is 5.91 Å². The highest BCUT2D eigenvalue weighted by Gasteiger charge is 2.23. The maximum absolute atomic E-state index is 12.9. The fraction of sp³-hybridized carbons (Fsp3) is 0.400. The largest absolute Gasteiger partial charge is 0.497 e. The highest BCUT2D eigenvalue weighted by atomic mass is 32.2. The van der Waals surface area contributed by atoms with Crippen molar-refractivity contribution < 1.29 is 14.3 Å². The molecule has 4 rings (SSSR count). The number of nitrogens with zero attached hydrogens (tertiary/aromatic N) is 5. The third kappa shape index (κ3) is 5.53. The van der Waals surface area contributed by atoms with Gasteiger partial charge in [0.2, 0.25) is 5.91 Å². The maximum Gasteiger partial charge on any atom is 0.233 e. The van der Waals surface area contributed by atoms with E-state index in [1.807, 2.05) is 39.8 Å². The second-order valence-corrected chi connectivity index (χ2v) is 9.03. The van der Waals surface area contributed by atoms with Crippen LogP contribution in [0.3, 0.4) is 0 Å². The molecule has 2 aromatic carbocycles. The van der Waals surface area contributed by atoms with Crippen LogP contribution in [-0.2, 0) is 17.8 Å². The van der Waals surface area contributed by atoms with Gasteiger partial charge in [-0.25, -0.2) is 0 Å². The molecule has 0 N–H and O–H groups in total. The standard InChI is InChI=1S/C25H31N5O3S/c1-4-19-7-5-6-8-22(19)30-18-26-27-25(30)34-17-24(31)29-13-11-28(12-14-29)16-20-15-21(32-2)9-10-23(20)33-3/h5-10,15,18H,4,11-14,16-17H2,1-3H3. The molecule has 34 heavy (non-hydrogen) atoms. The van der Waals surface area contributed by atoms with E-state index in [2.05, 4.69) is 34.2 Å². The van der Waals surface area contributed by atoms with Crippen LogP contribution in [0.25, 0.3) is 5.69 Å². The van der Waals surface area contributed by atoms with E-state index in [0.29, 0.717) is 18.8 Å². The average Bonchev–Trinajstić information content (AvgIpc) is 3.36. The van der Waals surface area contributed by atoms with Gasteiger partial charge in [-0.05, 0) is 36.2 Å². The number of piperazine rings is 1. The Labute approximate surface area is 204 Å². The Bertz CT molecular complexity index is 1110. The summed E-state index contributed by atoms with van der Waals surface area (Å²) in [5.74, 6) is 2.14. The predicted molar refractivity (Wildman–Crippen MR) is 133 cm³/mol. The molecule has 1 fully saturated rings. The Morgan fingerprint density at radius 1 is 1.03 bits per heavy atom. The predicted octanol–water partition coefficient (Wildman–Crippen LogP) is 3.28. The molecule has 1 saturated heterocycles. The third-order valence-electron chi connectivity index (χ3n) is 6.08. The number of benzene rings is 2. The Morgan fingerprint density at radius 3 is 2.56 bits per heavy atom. The van der Waals surface area contributed by atoms with Gasteiger partial charge in [-0.1, -0.05) is 36.9 Å². The van der Waals surface area contributed by atoms with E-state index in [0.717, 1.165) is 54.0 Å². The fourth-order valence-electron chi connectivity index (χ4n) is 4.15. The molecule has 1 amide bonds. The van der Waals surface area contributed by atoms with Crippen molar-refractivity contribution in [3.63, 3.8) is 0 Å². The van der Waals surface area contributed by atoms with Gasteiger partial charge in [0.1, 0.15) is 17.8 Å². The Kier molecular flexibility index (Phi) is 8.08. The van der Waals surface area contributed by atoms with Crippen LogP contribution in [0, 0.1) is 0 Å². The van der Waals surface area contributed by atoms with Gasteiger partial charge in [0.05, 0.1) is 25.7 Å². The first-order chi connectivity index (χ1) is 16.6. The summed E-state index contributed by atoms with van der Waals surface area (Å²) in [6.45, 7) is 5.93. The quantitative estimate of drug-likeness (QED) is 0.434. The maximum atomic E-state index is 12.9. The number of thioether (sulfide) groups is 1. The molecule has 0 saturated carbocycles. The zero-order valence-corrected chi connectivity index (χ0v) is 20.8. The van der Waals surface area contributed by atoms with Crippen LogP contribution in [0.1, 0.15) is 18.1 Å². The molecule has 9 heteroatoms. The van der Waals surface area contributed by atoms with Gasteiger partial charge in [0.25, 0.3) is 0 Å². The topological polar surface area (TPSA) is 72.7 Å². The minimum absolute atomic E-state index is 0.127. The molecule has 8 nitrogen and oxygen atoms in total. The first-order valence-electron chi connectivity index (χ1n) is 11.4. The number of carbonyl (C=O) groups excluding carboxylic acids is 1. The van der Waals surface area contributed by atoms with Crippen LogP contribution in [0.4, 0.5) is 0 Å².